The fourth-order valence-corrected chi connectivity index (χ4v) is 1.91. The van der Waals surface area contributed by atoms with E-state index in [2.05, 4.69) is 20.8 Å². The highest BCUT2D eigenvalue weighted by atomic mass is 16.4. The third-order valence-electron chi connectivity index (χ3n) is 3.35. The van der Waals surface area contributed by atoms with E-state index >= 15 is 0 Å². The Morgan fingerprint density at radius 2 is 2.06 bits per heavy atom. The normalized spacial score (nSPS) is 19.5. The van der Waals surface area contributed by atoms with E-state index in [-0.39, 0.29) is 0 Å². The largest absolute Gasteiger partial charge is 0.407 e. The van der Waals surface area contributed by atoms with Crippen molar-refractivity contribution >= 4 is 6.01 Å². The summed E-state index contributed by atoms with van der Waals surface area (Å²) >= 11 is 0. The molecule has 0 unspecified atom stereocenters. The van der Waals surface area contributed by atoms with Crippen LogP contribution in [0.2, 0.25) is 0 Å². The van der Waals surface area contributed by atoms with Gasteiger partial charge >= 0.3 is 6.01 Å². The van der Waals surface area contributed by atoms with E-state index in [4.69, 9.17) is 4.42 Å². The molecule has 0 atom stereocenters. The number of hydrogen-bond donors (Lipinski definition) is 2. The molecular formula is C12H20N4O. The fraction of sp³-hybridized carbons (Fsp3) is 0.833. The minimum absolute atomic E-state index is 0.563. The first-order valence-electron chi connectivity index (χ1n) is 6.70. The minimum atomic E-state index is 0.563. The van der Waals surface area contributed by atoms with E-state index in [1.54, 1.807) is 0 Å². The first-order valence-corrected chi connectivity index (χ1v) is 6.70. The van der Waals surface area contributed by atoms with Gasteiger partial charge in [-0.2, -0.15) is 0 Å². The summed E-state index contributed by atoms with van der Waals surface area (Å²) in [6.45, 7) is 1.63. The molecule has 2 aliphatic carbocycles. The Kier molecular flexibility index (Phi) is 3.27. The third kappa shape index (κ3) is 3.70. The summed E-state index contributed by atoms with van der Waals surface area (Å²) in [7, 11) is 0. The molecule has 2 saturated carbocycles. The monoisotopic (exact) mass is 236 g/mol. The summed E-state index contributed by atoms with van der Waals surface area (Å²) in [4.78, 5) is 0. The van der Waals surface area contributed by atoms with Gasteiger partial charge in [-0.05, 0) is 31.6 Å². The van der Waals surface area contributed by atoms with Crippen LogP contribution < -0.4 is 10.6 Å². The van der Waals surface area contributed by atoms with E-state index < -0.39 is 0 Å². The van der Waals surface area contributed by atoms with Gasteiger partial charge in [0.05, 0.1) is 6.54 Å². The molecular weight excluding hydrogens is 216 g/mol. The molecule has 0 amide bonds. The maximum atomic E-state index is 5.49. The molecule has 0 spiro atoms. The predicted molar refractivity (Wildman–Crippen MR) is 64.6 cm³/mol. The molecule has 1 aromatic heterocycles. The quantitative estimate of drug-likeness (QED) is 0.675. The Morgan fingerprint density at radius 3 is 2.82 bits per heavy atom. The van der Waals surface area contributed by atoms with Crippen molar-refractivity contribution in [3.63, 3.8) is 0 Å². The average molecular weight is 236 g/mol. The number of rotatable bonds is 8. The van der Waals surface area contributed by atoms with E-state index in [9.17, 15) is 0 Å². The number of nitrogens with zero attached hydrogens (tertiary/aromatic N) is 2. The van der Waals surface area contributed by atoms with Gasteiger partial charge in [0, 0.05) is 12.6 Å². The van der Waals surface area contributed by atoms with Gasteiger partial charge in [0.25, 0.3) is 0 Å². The summed E-state index contributed by atoms with van der Waals surface area (Å²) in [5.74, 6) is 1.68. The van der Waals surface area contributed by atoms with Gasteiger partial charge in [-0.3, -0.25) is 0 Å². The van der Waals surface area contributed by atoms with Crippen molar-refractivity contribution in [3.8, 4) is 0 Å². The summed E-state index contributed by atoms with van der Waals surface area (Å²) in [6, 6.07) is 1.24. The summed E-state index contributed by atoms with van der Waals surface area (Å²) < 4.78 is 5.49. The van der Waals surface area contributed by atoms with Crippen LogP contribution in [0.1, 0.15) is 44.4 Å². The molecule has 5 nitrogen and oxygen atoms in total. The maximum Gasteiger partial charge on any atom is 0.315 e. The lowest BCUT2D eigenvalue weighted by atomic mass is 10.2. The van der Waals surface area contributed by atoms with Crippen molar-refractivity contribution in [1.29, 1.82) is 0 Å². The predicted octanol–water partition coefficient (Wildman–Crippen LogP) is 1.92. The fourth-order valence-electron chi connectivity index (χ4n) is 1.91. The summed E-state index contributed by atoms with van der Waals surface area (Å²) in [6.07, 6.45) is 7.94. The number of nitrogens with one attached hydrogen (secondary N) is 2. The van der Waals surface area contributed by atoms with Crippen LogP contribution in [0.3, 0.4) is 0 Å². The number of aromatic nitrogens is 2. The van der Waals surface area contributed by atoms with Gasteiger partial charge in [0.15, 0.2) is 0 Å². The van der Waals surface area contributed by atoms with Crippen LogP contribution in [-0.2, 0) is 6.54 Å². The zero-order chi connectivity index (χ0) is 11.5. The topological polar surface area (TPSA) is 63.0 Å². The van der Waals surface area contributed by atoms with Crippen LogP contribution in [-0.4, -0.2) is 22.8 Å². The van der Waals surface area contributed by atoms with Crippen molar-refractivity contribution in [1.82, 2.24) is 15.5 Å². The van der Waals surface area contributed by atoms with Crippen molar-refractivity contribution in [2.75, 3.05) is 11.9 Å². The Morgan fingerprint density at radius 1 is 1.18 bits per heavy atom. The standard InChI is InChI=1S/C12H20N4O/c1(2-9-3-4-9)7-13-12-16-15-11(17-12)8-14-10-5-6-10/h9-10,14H,1-8H2,(H,13,16). The van der Waals surface area contributed by atoms with Crippen LogP contribution in [0.15, 0.2) is 4.42 Å². The Hall–Kier alpha value is -1.10. The average Bonchev–Trinajstić information content (AvgIpc) is 3.24. The highest BCUT2D eigenvalue weighted by Gasteiger charge is 2.21. The molecule has 0 radical (unpaired) electrons. The molecule has 1 aromatic rings. The lowest BCUT2D eigenvalue weighted by molar-refractivity contribution is 0.475. The second-order valence-corrected chi connectivity index (χ2v) is 5.17. The lowest BCUT2D eigenvalue weighted by Crippen LogP contribution is -2.15. The van der Waals surface area contributed by atoms with Crippen LogP contribution in [0.4, 0.5) is 6.01 Å². The number of hydrogen-bond acceptors (Lipinski definition) is 5. The van der Waals surface area contributed by atoms with E-state index in [1.807, 2.05) is 0 Å². The van der Waals surface area contributed by atoms with Crippen molar-refractivity contribution in [3.05, 3.63) is 5.89 Å². The first-order chi connectivity index (χ1) is 8.40. The van der Waals surface area contributed by atoms with E-state index in [1.165, 1.54) is 38.5 Å². The maximum absolute atomic E-state index is 5.49. The van der Waals surface area contributed by atoms with Gasteiger partial charge in [-0.1, -0.05) is 17.9 Å². The SMILES string of the molecule is C(CNc1nnc(CNC2CC2)o1)CC1CC1. The first kappa shape index (κ1) is 11.0. The Balaban J connectivity index is 1.33. The van der Waals surface area contributed by atoms with Crippen LogP contribution in [0.25, 0.3) is 0 Å². The Labute approximate surface area is 101 Å². The van der Waals surface area contributed by atoms with E-state index in [0.717, 1.165) is 12.5 Å². The second-order valence-electron chi connectivity index (χ2n) is 5.17. The smallest absolute Gasteiger partial charge is 0.315 e. The highest BCUT2D eigenvalue weighted by Crippen LogP contribution is 2.33. The third-order valence-corrected chi connectivity index (χ3v) is 3.35. The molecule has 2 fully saturated rings. The zero-order valence-electron chi connectivity index (χ0n) is 10.1. The minimum Gasteiger partial charge on any atom is -0.407 e. The van der Waals surface area contributed by atoms with Crippen LogP contribution >= 0.6 is 0 Å². The number of anilines is 1. The molecule has 17 heavy (non-hydrogen) atoms. The zero-order valence-corrected chi connectivity index (χ0v) is 10.1. The lowest BCUT2D eigenvalue weighted by Gasteiger charge is -2.00. The van der Waals surface area contributed by atoms with Gasteiger partial charge < -0.3 is 15.1 Å². The second kappa shape index (κ2) is 5.04. The summed E-state index contributed by atoms with van der Waals surface area (Å²) in [5, 5.41) is 14.5. The van der Waals surface area contributed by atoms with Crippen molar-refractivity contribution in [2.24, 2.45) is 5.92 Å². The van der Waals surface area contributed by atoms with Crippen molar-refractivity contribution in [2.45, 2.75) is 51.1 Å². The molecule has 2 aliphatic rings. The van der Waals surface area contributed by atoms with Crippen LogP contribution in [0.5, 0.6) is 0 Å². The molecule has 0 bridgehead atoms. The molecule has 5 heteroatoms. The van der Waals surface area contributed by atoms with Gasteiger partial charge in [0.2, 0.25) is 5.89 Å². The Bertz CT molecular complexity index is 357. The molecule has 0 saturated heterocycles. The molecule has 0 aliphatic heterocycles. The molecule has 1 heterocycles. The van der Waals surface area contributed by atoms with Crippen molar-refractivity contribution < 1.29 is 4.42 Å². The van der Waals surface area contributed by atoms with E-state index in [0.29, 0.717) is 24.5 Å². The molecule has 3 rings (SSSR count). The van der Waals surface area contributed by atoms with Gasteiger partial charge in [-0.25, -0.2) is 0 Å². The molecule has 0 aromatic carbocycles. The van der Waals surface area contributed by atoms with Crippen LogP contribution in [0, 0.1) is 5.92 Å². The molecule has 94 valence electrons. The molecule has 2 N–H and O–H groups in total. The highest BCUT2D eigenvalue weighted by molar-refractivity contribution is 5.16. The van der Waals surface area contributed by atoms with Gasteiger partial charge in [0.1, 0.15) is 0 Å². The summed E-state index contributed by atoms with van der Waals surface area (Å²) in [5.41, 5.74) is 0. The van der Waals surface area contributed by atoms with Gasteiger partial charge in [-0.15, -0.1) is 5.10 Å².